The quantitative estimate of drug-likeness (QED) is 0.543. The van der Waals surface area contributed by atoms with Crippen LogP contribution in [0, 0.1) is 41.3 Å². The first-order chi connectivity index (χ1) is 11.3. The number of carbonyl (C=O) groups excluding carboxylic acids is 1. The minimum Gasteiger partial charge on any atom is -0.427 e. The van der Waals surface area contributed by atoms with Gasteiger partial charge in [0.25, 0.3) is 0 Å². The third-order valence-electron chi connectivity index (χ3n) is 6.30. The van der Waals surface area contributed by atoms with Crippen LogP contribution in [-0.4, -0.2) is 5.97 Å². The lowest BCUT2D eigenvalue weighted by atomic mass is 9.64. The summed E-state index contributed by atoms with van der Waals surface area (Å²) in [5, 5.41) is 0. The Morgan fingerprint density at radius 2 is 1.79 bits per heavy atom. The van der Waals surface area contributed by atoms with Crippen LogP contribution in [0.1, 0.15) is 58.9 Å². The van der Waals surface area contributed by atoms with Gasteiger partial charge in [0.15, 0.2) is 0 Å². The van der Waals surface area contributed by atoms with Gasteiger partial charge in [-0.05, 0) is 65.9 Å². The van der Waals surface area contributed by atoms with Crippen molar-refractivity contribution in [3.05, 3.63) is 29.6 Å². The number of ether oxygens (including phenoxy) is 1. The number of carbonyl (C=O) groups is 1. The SMILES string of the molecule is CC(=O)Oc1ccc(C2CC3CC2C(C(C)C)C3C(C)C)c(F)c1. The number of hydrogen-bond donors (Lipinski definition) is 0. The molecule has 24 heavy (non-hydrogen) atoms. The first-order valence-corrected chi connectivity index (χ1v) is 9.27. The Balaban J connectivity index is 1.86. The maximum Gasteiger partial charge on any atom is 0.308 e. The van der Waals surface area contributed by atoms with Gasteiger partial charge in [-0.3, -0.25) is 4.79 Å². The fourth-order valence-electron chi connectivity index (χ4n) is 5.77. The van der Waals surface area contributed by atoms with Gasteiger partial charge in [-0.15, -0.1) is 0 Å². The summed E-state index contributed by atoms with van der Waals surface area (Å²) in [5.74, 6) is 4.06. The number of hydrogen-bond acceptors (Lipinski definition) is 2. The lowest BCUT2D eigenvalue weighted by molar-refractivity contribution is -0.131. The highest BCUT2D eigenvalue weighted by atomic mass is 19.1. The van der Waals surface area contributed by atoms with Crippen molar-refractivity contribution in [2.45, 2.75) is 53.4 Å². The summed E-state index contributed by atoms with van der Waals surface area (Å²) in [4.78, 5) is 11.0. The zero-order chi connectivity index (χ0) is 17.6. The summed E-state index contributed by atoms with van der Waals surface area (Å²) >= 11 is 0. The maximum atomic E-state index is 14.7. The van der Waals surface area contributed by atoms with Crippen LogP contribution < -0.4 is 4.74 Å². The molecular weight excluding hydrogens is 303 g/mol. The monoisotopic (exact) mass is 332 g/mol. The summed E-state index contributed by atoms with van der Waals surface area (Å²) in [6, 6.07) is 4.93. The van der Waals surface area contributed by atoms with Crippen molar-refractivity contribution in [2.24, 2.45) is 35.5 Å². The second kappa shape index (κ2) is 6.50. The maximum absolute atomic E-state index is 14.7. The third-order valence-corrected chi connectivity index (χ3v) is 6.30. The minimum absolute atomic E-state index is 0.227. The molecule has 132 valence electrons. The van der Waals surface area contributed by atoms with Crippen LogP contribution in [0.3, 0.4) is 0 Å². The predicted octanol–water partition coefficient (Wildman–Crippen LogP) is 5.42. The van der Waals surface area contributed by atoms with Crippen molar-refractivity contribution >= 4 is 5.97 Å². The van der Waals surface area contributed by atoms with E-state index in [9.17, 15) is 9.18 Å². The van der Waals surface area contributed by atoms with Crippen molar-refractivity contribution in [1.82, 2.24) is 0 Å². The number of benzene rings is 1. The molecule has 0 amide bonds. The molecule has 1 aromatic rings. The molecule has 0 N–H and O–H groups in total. The lowest BCUT2D eigenvalue weighted by Crippen LogP contribution is -2.34. The second-order valence-corrected chi connectivity index (χ2v) is 8.42. The van der Waals surface area contributed by atoms with Gasteiger partial charge in [-0.25, -0.2) is 4.39 Å². The molecule has 0 spiro atoms. The molecule has 5 atom stereocenters. The van der Waals surface area contributed by atoms with E-state index in [0.29, 0.717) is 35.3 Å². The van der Waals surface area contributed by atoms with Crippen LogP contribution >= 0.6 is 0 Å². The molecule has 0 radical (unpaired) electrons. The minimum atomic E-state index is -0.415. The molecule has 3 rings (SSSR count). The molecule has 2 nitrogen and oxygen atoms in total. The van der Waals surface area contributed by atoms with E-state index >= 15 is 0 Å². The molecule has 0 saturated heterocycles. The highest BCUT2D eigenvalue weighted by Gasteiger charge is 2.54. The Hall–Kier alpha value is -1.38. The van der Waals surface area contributed by atoms with Crippen LogP contribution in [0.2, 0.25) is 0 Å². The number of rotatable bonds is 4. The molecule has 2 saturated carbocycles. The van der Waals surface area contributed by atoms with Crippen LogP contribution in [0.5, 0.6) is 5.75 Å². The molecule has 2 bridgehead atoms. The Morgan fingerprint density at radius 3 is 2.33 bits per heavy atom. The van der Waals surface area contributed by atoms with E-state index < -0.39 is 5.97 Å². The van der Waals surface area contributed by atoms with Crippen molar-refractivity contribution < 1.29 is 13.9 Å². The highest BCUT2D eigenvalue weighted by molar-refractivity contribution is 5.69. The fraction of sp³-hybridized carbons (Fsp3) is 0.667. The number of fused-ring (bicyclic) bond motifs is 2. The standard InChI is InChI=1S/C21H29FO2/c1-11(2)20-14-8-17(18(9-14)21(20)12(3)4)16-7-6-15(10-19(16)22)24-13(5)23/h6-7,10-12,14,17-18,20-21H,8-9H2,1-5H3. The summed E-state index contributed by atoms with van der Waals surface area (Å²) in [5.41, 5.74) is 0.811. The van der Waals surface area contributed by atoms with E-state index in [-0.39, 0.29) is 5.82 Å². The lowest BCUT2D eigenvalue weighted by Gasteiger charge is -2.40. The molecule has 0 aromatic heterocycles. The zero-order valence-corrected chi connectivity index (χ0v) is 15.4. The Kier molecular flexibility index (Phi) is 4.72. The first-order valence-electron chi connectivity index (χ1n) is 9.27. The predicted molar refractivity (Wildman–Crippen MR) is 93.3 cm³/mol. The normalized spacial score (nSPS) is 31.9. The van der Waals surface area contributed by atoms with Gasteiger partial charge < -0.3 is 4.74 Å². The molecule has 1 aromatic carbocycles. The van der Waals surface area contributed by atoms with Crippen molar-refractivity contribution in [2.75, 3.05) is 0 Å². The molecule has 2 fully saturated rings. The molecular formula is C21H29FO2. The van der Waals surface area contributed by atoms with Crippen LogP contribution in [0.15, 0.2) is 18.2 Å². The summed E-state index contributed by atoms with van der Waals surface area (Å²) in [6.07, 6.45) is 2.34. The molecule has 0 heterocycles. The molecule has 2 aliphatic rings. The van der Waals surface area contributed by atoms with Crippen molar-refractivity contribution in [3.63, 3.8) is 0 Å². The van der Waals surface area contributed by atoms with E-state index in [4.69, 9.17) is 4.74 Å². The second-order valence-electron chi connectivity index (χ2n) is 8.42. The zero-order valence-electron chi connectivity index (χ0n) is 15.4. The Morgan fingerprint density at radius 1 is 1.12 bits per heavy atom. The van der Waals surface area contributed by atoms with Crippen LogP contribution in [-0.2, 0) is 4.79 Å². The van der Waals surface area contributed by atoms with Crippen molar-refractivity contribution in [3.8, 4) is 5.75 Å². The van der Waals surface area contributed by atoms with Gasteiger partial charge in [-0.1, -0.05) is 33.8 Å². The van der Waals surface area contributed by atoms with Gasteiger partial charge in [0.1, 0.15) is 11.6 Å². The van der Waals surface area contributed by atoms with E-state index in [1.54, 1.807) is 6.07 Å². The average Bonchev–Trinajstić information content (AvgIpc) is 3.04. The Labute approximate surface area is 144 Å². The molecule has 5 unspecified atom stereocenters. The van der Waals surface area contributed by atoms with Gasteiger partial charge in [0.05, 0.1) is 0 Å². The first kappa shape index (κ1) is 17.4. The van der Waals surface area contributed by atoms with E-state index in [1.165, 1.54) is 19.4 Å². The van der Waals surface area contributed by atoms with Crippen molar-refractivity contribution in [1.29, 1.82) is 0 Å². The van der Waals surface area contributed by atoms with E-state index in [0.717, 1.165) is 23.8 Å². The summed E-state index contributed by atoms with van der Waals surface area (Å²) < 4.78 is 19.7. The van der Waals surface area contributed by atoms with Crippen LogP contribution in [0.4, 0.5) is 4.39 Å². The molecule has 3 heteroatoms. The topological polar surface area (TPSA) is 26.3 Å². The fourth-order valence-corrected chi connectivity index (χ4v) is 5.77. The van der Waals surface area contributed by atoms with Gasteiger partial charge in [0, 0.05) is 13.0 Å². The van der Waals surface area contributed by atoms with E-state index in [1.807, 2.05) is 6.07 Å². The third kappa shape index (κ3) is 2.98. The van der Waals surface area contributed by atoms with Gasteiger partial charge >= 0.3 is 5.97 Å². The highest BCUT2D eigenvalue weighted by Crippen LogP contribution is 2.62. The largest absolute Gasteiger partial charge is 0.427 e. The Bertz CT molecular complexity index is 622. The smallest absolute Gasteiger partial charge is 0.308 e. The molecule has 2 aliphatic carbocycles. The number of halogens is 1. The summed E-state index contributed by atoms with van der Waals surface area (Å²) in [6.45, 7) is 10.6. The summed E-state index contributed by atoms with van der Waals surface area (Å²) in [7, 11) is 0. The number of esters is 1. The van der Waals surface area contributed by atoms with E-state index in [2.05, 4.69) is 27.7 Å². The van der Waals surface area contributed by atoms with Gasteiger partial charge in [0.2, 0.25) is 0 Å². The van der Waals surface area contributed by atoms with Gasteiger partial charge in [-0.2, -0.15) is 0 Å². The molecule has 0 aliphatic heterocycles. The average molecular weight is 332 g/mol. The van der Waals surface area contributed by atoms with Crippen LogP contribution in [0.25, 0.3) is 0 Å².